The van der Waals surface area contributed by atoms with E-state index in [4.69, 9.17) is 5.73 Å². The van der Waals surface area contributed by atoms with E-state index in [-0.39, 0.29) is 11.9 Å². The van der Waals surface area contributed by atoms with Crippen LogP contribution in [0.25, 0.3) is 0 Å². The summed E-state index contributed by atoms with van der Waals surface area (Å²) in [5, 5.41) is 0. The van der Waals surface area contributed by atoms with Crippen molar-refractivity contribution < 1.29 is 4.39 Å². The molecule has 0 saturated carbocycles. The first-order valence-electron chi connectivity index (χ1n) is 6.21. The Kier molecular flexibility index (Phi) is 3.82. The molecule has 0 saturated heterocycles. The van der Waals surface area contributed by atoms with Gasteiger partial charge in [0.05, 0.1) is 0 Å². The van der Waals surface area contributed by atoms with Gasteiger partial charge >= 0.3 is 0 Å². The SMILES string of the molecule is Cc1ccc(F)cc1Cn1cccc1CC(C)N. The molecule has 1 aromatic carbocycles. The van der Waals surface area contributed by atoms with Gasteiger partial charge in [-0.3, -0.25) is 0 Å². The Bertz CT molecular complexity index is 529. The van der Waals surface area contributed by atoms with E-state index < -0.39 is 0 Å². The Morgan fingerprint density at radius 3 is 2.83 bits per heavy atom. The van der Waals surface area contributed by atoms with Crippen LogP contribution < -0.4 is 5.73 Å². The molecule has 2 aromatic rings. The predicted octanol–water partition coefficient (Wildman–Crippen LogP) is 2.87. The number of aryl methyl sites for hydroxylation is 1. The highest BCUT2D eigenvalue weighted by molar-refractivity contribution is 5.27. The molecule has 0 fully saturated rings. The van der Waals surface area contributed by atoms with E-state index in [1.54, 1.807) is 6.07 Å². The second kappa shape index (κ2) is 5.36. The highest BCUT2D eigenvalue weighted by atomic mass is 19.1. The predicted molar refractivity (Wildman–Crippen MR) is 72.0 cm³/mol. The third-order valence-corrected chi connectivity index (χ3v) is 3.11. The van der Waals surface area contributed by atoms with Crippen molar-refractivity contribution in [1.82, 2.24) is 4.57 Å². The van der Waals surface area contributed by atoms with Crippen LogP contribution in [0.3, 0.4) is 0 Å². The average Bonchev–Trinajstić information content (AvgIpc) is 2.70. The van der Waals surface area contributed by atoms with E-state index in [9.17, 15) is 4.39 Å². The lowest BCUT2D eigenvalue weighted by Gasteiger charge is -2.13. The number of nitrogens with two attached hydrogens (primary N) is 1. The molecule has 1 unspecified atom stereocenters. The van der Waals surface area contributed by atoms with E-state index in [1.807, 2.05) is 32.2 Å². The van der Waals surface area contributed by atoms with Crippen LogP contribution in [-0.2, 0) is 13.0 Å². The maximum absolute atomic E-state index is 13.3. The molecule has 0 spiro atoms. The van der Waals surface area contributed by atoms with Crippen LogP contribution in [0.15, 0.2) is 36.5 Å². The summed E-state index contributed by atoms with van der Waals surface area (Å²) in [6, 6.07) is 9.12. The minimum Gasteiger partial charge on any atom is -0.347 e. The fraction of sp³-hybridized carbons (Fsp3) is 0.333. The molecule has 2 nitrogen and oxygen atoms in total. The molecule has 0 radical (unpaired) electrons. The molecule has 0 bridgehead atoms. The van der Waals surface area contributed by atoms with Crippen molar-refractivity contribution in [3.8, 4) is 0 Å². The summed E-state index contributed by atoms with van der Waals surface area (Å²) in [6.07, 6.45) is 2.85. The summed E-state index contributed by atoms with van der Waals surface area (Å²) in [5.74, 6) is -0.184. The van der Waals surface area contributed by atoms with Crippen molar-refractivity contribution in [3.05, 3.63) is 59.2 Å². The zero-order valence-corrected chi connectivity index (χ0v) is 10.9. The van der Waals surface area contributed by atoms with Gasteiger partial charge in [0.1, 0.15) is 5.82 Å². The van der Waals surface area contributed by atoms with Crippen LogP contribution in [0.2, 0.25) is 0 Å². The standard InChI is InChI=1S/C15H19FN2/c1-11-5-6-14(16)9-13(11)10-18-7-3-4-15(18)8-12(2)17/h3-7,9,12H,8,10,17H2,1-2H3. The van der Waals surface area contributed by atoms with E-state index in [0.29, 0.717) is 6.54 Å². The van der Waals surface area contributed by atoms with Gasteiger partial charge in [0.15, 0.2) is 0 Å². The Morgan fingerprint density at radius 1 is 1.33 bits per heavy atom. The van der Waals surface area contributed by atoms with Gasteiger partial charge in [0, 0.05) is 30.9 Å². The number of nitrogens with zero attached hydrogens (tertiary/aromatic N) is 1. The highest BCUT2D eigenvalue weighted by Gasteiger charge is 2.06. The zero-order valence-electron chi connectivity index (χ0n) is 10.9. The summed E-state index contributed by atoms with van der Waals surface area (Å²) in [5.41, 5.74) is 9.13. The van der Waals surface area contributed by atoms with Crippen LogP contribution in [0.4, 0.5) is 4.39 Å². The molecule has 3 heteroatoms. The first kappa shape index (κ1) is 12.8. The minimum atomic E-state index is -0.184. The van der Waals surface area contributed by atoms with Crippen molar-refractivity contribution in [2.75, 3.05) is 0 Å². The van der Waals surface area contributed by atoms with Gasteiger partial charge in [-0.15, -0.1) is 0 Å². The summed E-state index contributed by atoms with van der Waals surface area (Å²) in [4.78, 5) is 0. The number of benzene rings is 1. The van der Waals surface area contributed by atoms with Gasteiger partial charge < -0.3 is 10.3 Å². The first-order chi connectivity index (χ1) is 8.56. The van der Waals surface area contributed by atoms with Gasteiger partial charge in [-0.2, -0.15) is 0 Å². The number of rotatable bonds is 4. The molecule has 2 N–H and O–H groups in total. The molecule has 0 amide bonds. The molecule has 1 atom stereocenters. The van der Waals surface area contributed by atoms with Gasteiger partial charge in [0.2, 0.25) is 0 Å². The molecular formula is C15H19FN2. The largest absolute Gasteiger partial charge is 0.347 e. The second-order valence-electron chi connectivity index (χ2n) is 4.88. The molecule has 18 heavy (non-hydrogen) atoms. The zero-order chi connectivity index (χ0) is 13.1. The molecule has 0 aliphatic carbocycles. The number of hydrogen-bond donors (Lipinski definition) is 1. The molecule has 0 aliphatic rings. The lowest BCUT2D eigenvalue weighted by atomic mass is 10.1. The lowest BCUT2D eigenvalue weighted by molar-refractivity contribution is 0.619. The summed E-state index contributed by atoms with van der Waals surface area (Å²) < 4.78 is 15.4. The maximum atomic E-state index is 13.3. The Hall–Kier alpha value is -1.61. The minimum absolute atomic E-state index is 0.132. The Labute approximate surface area is 107 Å². The van der Waals surface area contributed by atoms with Crippen molar-refractivity contribution in [2.45, 2.75) is 32.9 Å². The molecular weight excluding hydrogens is 227 g/mol. The summed E-state index contributed by atoms with van der Waals surface area (Å²) in [6.45, 7) is 4.69. The normalized spacial score (nSPS) is 12.7. The fourth-order valence-electron chi connectivity index (χ4n) is 2.11. The monoisotopic (exact) mass is 246 g/mol. The Balaban J connectivity index is 2.23. The molecule has 2 rings (SSSR count). The maximum Gasteiger partial charge on any atom is 0.123 e. The van der Waals surface area contributed by atoms with Crippen molar-refractivity contribution in [3.63, 3.8) is 0 Å². The summed E-state index contributed by atoms with van der Waals surface area (Å²) >= 11 is 0. The van der Waals surface area contributed by atoms with E-state index in [2.05, 4.69) is 10.6 Å². The smallest absolute Gasteiger partial charge is 0.123 e. The van der Waals surface area contributed by atoms with Crippen molar-refractivity contribution in [1.29, 1.82) is 0 Å². The van der Waals surface area contributed by atoms with Gasteiger partial charge in [0.25, 0.3) is 0 Å². The number of aromatic nitrogens is 1. The molecule has 0 aliphatic heterocycles. The van der Waals surface area contributed by atoms with Crippen LogP contribution in [0.5, 0.6) is 0 Å². The molecule has 1 aromatic heterocycles. The van der Waals surface area contributed by atoms with E-state index in [1.165, 1.54) is 11.8 Å². The van der Waals surface area contributed by atoms with Gasteiger partial charge in [-0.25, -0.2) is 4.39 Å². The van der Waals surface area contributed by atoms with Crippen LogP contribution >= 0.6 is 0 Å². The van der Waals surface area contributed by atoms with Crippen LogP contribution in [-0.4, -0.2) is 10.6 Å². The van der Waals surface area contributed by atoms with Crippen molar-refractivity contribution >= 4 is 0 Å². The van der Waals surface area contributed by atoms with E-state index >= 15 is 0 Å². The summed E-state index contributed by atoms with van der Waals surface area (Å²) in [7, 11) is 0. The quantitative estimate of drug-likeness (QED) is 0.883. The Morgan fingerprint density at radius 2 is 2.11 bits per heavy atom. The second-order valence-corrected chi connectivity index (χ2v) is 4.88. The van der Waals surface area contributed by atoms with E-state index in [0.717, 1.165) is 17.5 Å². The molecule has 1 heterocycles. The van der Waals surface area contributed by atoms with Crippen LogP contribution in [0.1, 0.15) is 23.7 Å². The van der Waals surface area contributed by atoms with Crippen LogP contribution in [0, 0.1) is 12.7 Å². The van der Waals surface area contributed by atoms with Gasteiger partial charge in [-0.1, -0.05) is 6.07 Å². The first-order valence-corrected chi connectivity index (χ1v) is 6.21. The molecule has 96 valence electrons. The number of halogens is 1. The number of hydrogen-bond acceptors (Lipinski definition) is 1. The topological polar surface area (TPSA) is 30.9 Å². The third kappa shape index (κ3) is 2.99. The lowest BCUT2D eigenvalue weighted by Crippen LogP contribution is -2.20. The third-order valence-electron chi connectivity index (χ3n) is 3.11. The highest BCUT2D eigenvalue weighted by Crippen LogP contribution is 2.14. The van der Waals surface area contributed by atoms with Gasteiger partial charge in [-0.05, 0) is 49.2 Å². The fourth-order valence-corrected chi connectivity index (χ4v) is 2.11. The van der Waals surface area contributed by atoms with Crippen molar-refractivity contribution in [2.24, 2.45) is 5.73 Å². The average molecular weight is 246 g/mol.